The van der Waals surface area contributed by atoms with Crippen molar-refractivity contribution in [3.63, 3.8) is 0 Å². The number of hydrogen-bond acceptors (Lipinski definition) is 2. The van der Waals surface area contributed by atoms with E-state index in [4.69, 9.17) is 4.74 Å². The van der Waals surface area contributed by atoms with Crippen molar-refractivity contribution in [2.24, 2.45) is 0 Å². The molecule has 1 aliphatic rings. The monoisotopic (exact) mass is 351 g/mol. The predicted molar refractivity (Wildman–Crippen MR) is 106 cm³/mol. The zero-order valence-corrected chi connectivity index (χ0v) is 16.2. The topological polar surface area (TPSA) is 29.5 Å². The zero-order valence-electron chi connectivity index (χ0n) is 16.2. The molecule has 26 heavy (non-hydrogen) atoms. The molecule has 0 aromatic heterocycles. The van der Waals surface area contributed by atoms with Gasteiger partial charge in [-0.2, -0.15) is 0 Å². The van der Waals surface area contributed by atoms with Crippen molar-refractivity contribution in [3.05, 3.63) is 60.2 Å². The Hall–Kier alpha value is -2.29. The maximum Gasteiger partial charge on any atom is 0.410 e. The van der Waals surface area contributed by atoms with E-state index in [-0.39, 0.29) is 12.1 Å². The number of rotatable bonds is 2. The Labute approximate surface area is 157 Å². The van der Waals surface area contributed by atoms with Crippen molar-refractivity contribution in [1.29, 1.82) is 0 Å². The number of piperidine rings is 1. The van der Waals surface area contributed by atoms with E-state index in [1.807, 2.05) is 31.7 Å². The second-order valence-electron chi connectivity index (χ2n) is 8.23. The highest BCUT2D eigenvalue weighted by atomic mass is 16.6. The number of benzene rings is 2. The average Bonchev–Trinajstić information content (AvgIpc) is 2.61. The van der Waals surface area contributed by atoms with Crippen LogP contribution < -0.4 is 0 Å². The molecule has 1 aliphatic heterocycles. The molecule has 3 rings (SSSR count). The van der Waals surface area contributed by atoms with Gasteiger partial charge in [0.2, 0.25) is 0 Å². The summed E-state index contributed by atoms with van der Waals surface area (Å²) in [5.74, 6) is 0.494. The molecule has 1 amide bonds. The van der Waals surface area contributed by atoms with E-state index in [1.54, 1.807) is 0 Å². The minimum atomic E-state index is -0.444. The first-order valence-electron chi connectivity index (χ1n) is 9.48. The molecular weight excluding hydrogens is 322 g/mol. The maximum absolute atomic E-state index is 12.4. The normalized spacial score (nSPS) is 20.7. The van der Waals surface area contributed by atoms with Crippen molar-refractivity contribution < 1.29 is 9.53 Å². The summed E-state index contributed by atoms with van der Waals surface area (Å²) in [5, 5.41) is 0. The van der Waals surface area contributed by atoms with Gasteiger partial charge in [0.25, 0.3) is 0 Å². The lowest BCUT2D eigenvalue weighted by Crippen LogP contribution is -2.46. The van der Waals surface area contributed by atoms with Crippen LogP contribution in [0.2, 0.25) is 0 Å². The maximum atomic E-state index is 12.4. The minimum Gasteiger partial charge on any atom is -0.444 e. The van der Waals surface area contributed by atoms with Gasteiger partial charge in [-0.05, 0) is 63.1 Å². The average molecular weight is 351 g/mol. The Bertz CT molecular complexity index is 731. The second-order valence-corrected chi connectivity index (χ2v) is 8.23. The smallest absolute Gasteiger partial charge is 0.410 e. The van der Waals surface area contributed by atoms with Crippen LogP contribution in [0.4, 0.5) is 4.79 Å². The first kappa shape index (κ1) is 18.5. The predicted octanol–water partition coefficient (Wildman–Crippen LogP) is 5.86. The molecule has 0 saturated carbocycles. The lowest BCUT2D eigenvalue weighted by Gasteiger charge is -2.38. The largest absolute Gasteiger partial charge is 0.444 e. The van der Waals surface area contributed by atoms with Crippen molar-refractivity contribution in [3.8, 4) is 11.1 Å². The first-order chi connectivity index (χ1) is 12.3. The highest BCUT2D eigenvalue weighted by Gasteiger charge is 2.32. The van der Waals surface area contributed by atoms with Crippen LogP contribution in [-0.4, -0.2) is 29.2 Å². The van der Waals surface area contributed by atoms with Gasteiger partial charge in [-0.15, -0.1) is 0 Å². The molecule has 0 N–H and O–H groups in total. The number of amides is 1. The SMILES string of the molecule is C[C@H]1C[C@@H](c2ccc(-c3ccccc3)cc2)CCN1C(=O)OC(C)(C)C. The summed E-state index contributed by atoms with van der Waals surface area (Å²) in [5.41, 5.74) is 3.40. The van der Waals surface area contributed by atoms with Gasteiger partial charge in [0.15, 0.2) is 0 Å². The summed E-state index contributed by atoms with van der Waals surface area (Å²) in [4.78, 5) is 14.2. The molecule has 138 valence electrons. The number of carbonyl (C=O) groups is 1. The molecule has 0 bridgehead atoms. The highest BCUT2D eigenvalue weighted by molar-refractivity contribution is 5.68. The summed E-state index contributed by atoms with van der Waals surface area (Å²) in [7, 11) is 0. The van der Waals surface area contributed by atoms with E-state index in [0.717, 1.165) is 19.4 Å². The van der Waals surface area contributed by atoms with Gasteiger partial charge in [0.1, 0.15) is 5.60 Å². The number of likely N-dealkylation sites (tertiary alicyclic amines) is 1. The van der Waals surface area contributed by atoms with Crippen molar-refractivity contribution in [2.75, 3.05) is 6.54 Å². The van der Waals surface area contributed by atoms with Crippen LogP contribution in [0, 0.1) is 0 Å². The van der Waals surface area contributed by atoms with Crippen LogP contribution in [0.15, 0.2) is 54.6 Å². The fourth-order valence-corrected chi connectivity index (χ4v) is 3.65. The molecule has 2 atom stereocenters. The molecule has 3 nitrogen and oxygen atoms in total. The highest BCUT2D eigenvalue weighted by Crippen LogP contribution is 2.33. The van der Waals surface area contributed by atoms with Gasteiger partial charge < -0.3 is 9.64 Å². The Morgan fingerprint density at radius 2 is 1.62 bits per heavy atom. The number of carbonyl (C=O) groups excluding carboxylic acids is 1. The van der Waals surface area contributed by atoms with Crippen LogP contribution >= 0.6 is 0 Å². The van der Waals surface area contributed by atoms with Crippen LogP contribution in [0.5, 0.6) is 0 Å². The minimum absolute atomic E-state index is 0.192. The van der Waals surface area contributed by atoms with Gasteiger partial charge >= 0.3 is 6.09 Å². The van der Waals surface area contributed by atoms with Crippen LogP contribution in [0.1, 0.15) is 52.0 Å². The summed E-state index contributed by atoms with van der Waals surface area (Å²) in [6, 6.07) is 19.5. The Morgan fingerprint density at radius 3 is 2.19 bits per heavy atom. The van der Waals surface area contributed by atoms with E-state index < -0.39 is 5.60 Å². The van der Waals surface area contributed by atoms with Crippen molar-refractivity contribution >= 4 is 6.09 Å². The number of hydrogen-bond donors (Lipinski definition) is 0. The quantitative estimate of drug-likeness (QED) is 0.678. The molecule has 1 saturated heterocycles. The van der Waals surface area contributed by atoms with Crippen LogP contribution in [-0.2, 0) is 4.74 Å². The number of nitrogens with zero attached hydrogens (tertiary/aromatic N) is 1. The zero-order chi connectivity index (χ0) is 18.7. The molecule has 2 aromatic carbocycles. The molecule has 1 heterocycles. The van der Waals surface area contributed by atoms with E-state index in [0.29, 0.717) is 5.92 Å². The van der Waals surface area contributed by atoms with Gasteiger partial charge in [0, 0.05) is 12.6 Å². The summed E-state index contributed by atoms with van der Waals surface area (Å²) >= 11 is 0. The number of ether oxygens (including phenoxy) is 1. The van der Waals surface area contributed by atoms with Crippen molar-refractivity contribution in [1.82, 2.24) is 4.90 Å². The van der Waals surface area contributed by atoms with Gasteiger partial charge in [-0.1, -0.05) is 54.6 Å². The van der Waals surface area contributed by atoms with E-state index >= 15 is 0 Å². The summed E-state index contributed by atoms with van der Waals surface area (Å²) in [6.45, 7) is 8.61. The molecule has 0 unspecified atom stereocenters. The van der Waals surface area contributed by atoms with Crippen LogP contribution in [0.25, 0.3) is 11.1 Å². The lowest BCUT2D eigenvalue weighted by molar-refractivity contribution is 0.0103. The molecule has 3 heteroatoms. The summed E-state index contributed by atoms with van der Waals surface area (Å²) < 4.78 is 5.54. The van der Waals surface area contributed by atoms with Crippen LogP contribution in [0.3, 0.4) is 0 Å². The molecule has 0 spiro atoms. The van der Waals surface area contributed by atoms with Gasteiger partial charge in [-0.25, -0.2) is 4.79 Å². The third-order valence-electron chi connectivity index (χ3n) is 4.99. The molecule has 0 radical (unpaired) electrons. The Morgan fingerprint density at radius 1 is 1.00 bits per heavy atom. The van der Waals surface area contributed by atoms with E-state index in [9.17, 15) is 4.79 Å². The second kappa shape index (κ2) is 7.53. The molecular formula is C23H29NO2. The fraction of sp³-hybridized carbons (Fsp3) is 0.435. The molecule has 1 fully saturated rings. The Kier molecular flexibility index (Phi) is 5.36. The fourth-order valence-electron chi connectivity index (χ4n) is 3.65. The molecule has 2 aromatic rings. The standard InChI is InChI=1S/C23H29NO2/c1-17-16-21(14-15-24(17)22(25)26-23(2,3)4)20-12-10-19(11-13-20)18-8-6-5-7-9-18/h5-13,17,21H,14-16H2,1-4H3/t17-,21-/m0/s1. The third-order valence-corrected chi connectivity index (χ3v) is 4.99. The molecule has 0 aliphatic carbocycles. The van der Waals surface area contributed by atoms with E-state index in [1.165, 1.54) is 16.7 Å². The third kappa shape index (κ3) is 4.46. The van der Waals surface area contributed by atoms with E-state index in [2.05, 4.69) is 55.5 Å². The van der Waals surface area contributed by atoms with Gasteiger partial charge in [0.05, 0.1) is 0 Å². The summed E-state index contributed by atoms with van der Waals surface area (Å²) in [6.07, 6.45) is 1.76. The first-order valence-corrected chi connectivity index (χ1v) is 9.48. The van der Waals surface area contributed by atoms with Gasteiger partial charge in [-0.3, -0.25) is 0 Å². The van der Waals surface area contributed by atoms with Crippen molar-refractivity contribution in [2.45, 2.75) is 58.1 Å². The lowest BCUT2D eigenvalue weighted by atomic mass is 9.85. The Balaban J connectivity index is 1.65.